The smallest absolute Gasteiger partial charge is 0.137 e. The van der Waals surface area contributed by atoms with Gasteiger partial charge in [-0.1, -0.05) is 25.4 Å². The van der Waals surface area contributed by atoms with Gasteiger partial charge >= 0.3 is 0 Å². The van der Waals surface area contributed by atoms with Gasteiger partial charge in [0.2, 0.25) is 0 Å². The maximum atomic E-state index is 6.19. The van der Waals surface area contributed by atoms with Crippen LogP contribution >= 0.6 is 22.9 Å². The van der Waals surface area contributed by atoms with Gasteiger partial charge in [0.05, 0.1) is 6.04 Å². The lowest BCUT2D eigenvalue weighted by Crippen LogP contribution is -2.12. The number of rotatable bonds is 4. The number of hydrogen-bond donors (Lipinski definition) is 1. The summed E-state index contributed by atoms with van der Waals surface area (Å²) in [6.45, 7) is 10.1. The number of anilines is 1. The molecule has 0 spiro atoms. The van der Waals surface area contributed by atoms with Crippen LogP contribution in [0.15, 0.2) is 5.38 Å². The Labute approximate surface area is 128 Å². The van der Waals surface area contributed by atoms with Crippen molar-refractivity contribution in [3.8, 4) is 0 Å². The summed E-state index contributed by atoms with van der Waals surface area (Å²) in [5, 5.41) is 6.99. The molecule has 4 nitrogen and oxygen atoms in total. The predicted molar refractivity (Wildman–Crippen MR) is 84.8 cm³/mol. The Morgan fingerprint density at radius 1 is 1.15 bits per heavy atom. The number of aromatic nitrogens is 3. The second-order valence-corrected chi connectivity index (χ2v) is 6.44. The summed E-state index contributed by atoms with van der Waals surface area (Å²) in [5.41, 5.74) is 1.91. The number of nitrogens with one attached hydrogen (secondary N) is 1. The molecule has 2 aromatic rings. The molecule has 0 bridgehead atoms. The van der Waals surface area contributed by atoms with Gasteiger partial charge in [-0.05, 0) is 20.8 Å². The third kappa shape index (κ3) is 3.27. The third-order valence-electron chi connectivity index (χ3n) is 2.98. The van der Waals surface area contributed by atoms with Crippen molar-refractivity contribution in [2.45, 2.75) is 46.6 Å². The van der Waals surface area contributed by atoms with Crippen molar-refractivity contribution < 1.29 is 0 Å². The van der Waals surface area contributed by atoms with Crippen LogP contribution in [-0.4, -0.2) is 15.0 Å². The van der Waals surface area contributed by atoms with E-state index in [-0.39, 0.29) is 12.0 Å². The molecule has 0 saturated carbocycles. The highest BCUT2D eigenvalue weighted by molar-refractivity contribution is 7.09. The van der Waals surface area contributed by atoms with Crippen molar-refractivity contribution in [3.63, 3.8) is 0 Å². The van der Waals surface area contributed by atoms with Crippen molar-refractivity contribution >= 4 is 28.8 Å². The molecule has 6 heteroatoms. The van der Waals surface area contributed by atoms with E-state index in [2.05, 4.69) is 41.0 Å². The summed E-state index contributed by atoms with van der Waals surface area (Å²) >= 11 is 7.84. The molecular weight excluding hydrogens is 292 g/mol. The number of halogens is 1. The van der Waals surface area contributed by atoms with Gasteiger partial charge in [0.15, 0.2) is 0 Å². The van der Waals surface area contributed by atoms with E-state index in [1.54, 1.807) is 11.3 Å². The molecule has 0 aliphatic carbocycles. The number of thiazole rings is 1. The standard InChI is InChI=1S/C14H19ClN4S/c1-7(2)12-18-11(15)9(4)13(19-12)17-10(5)14-16-8(3)6-20-14/h6-7,10H,1-5H3,(H,17,18,19). The van der Waals surface area contributed by atoms with Crippen LogP contribution in [0.1, 0.15) is 54.8 Å². The Hall–Kier alpha value is -1.20. The molecule has 0 aromatic carbocycles. The van der Waals surface area contributed by atoms with Crippen LogP contribution in [0, 0.1) is 13.8 Å². The Bertz CT molecular complexity index is 609. The van der Waals surface area contributed by atoms with Gasteiger partial charge in [-0.15, -0.1) is 11.3 Å². The highest BCUT2D eigenvalue weighted by atomic mass is 35.5. The minimum Gasteiger partial charge on any atom is -0.361 e. The minimum atomic E-state index is 0.0957. The Morgan fingerprint density at radius 2 is 1.85 bits per heavy atom. The van der Waals surface area contributed by atoms with Crippen LogP contribution in [0.5, 0.6) is 0 Å². The SMILES string of the molecule is Cc1csc(C(C)Nc2nc(C(C)C)nc(Cl)c2C)n1. The molecule has 108 valence electrons. The largest absolute Gasteiger partial charge is 0.361 e. The molecular formula is C14H19ClN4S. The third-order valence-corrected chi connectivity index (χ3v) is 4.49. The van der Waals surface area contributed by atoms with E-state index in [0.717, 1.165) is 27.9 Å². The fraction of sp³-hybridized carbons (Fsp3) is 0.500. The van der Waals surface area contributed by atoms with Crippen LogP contribution < -0.4 is 5.32 Å². The highest BCUT2D eigenvalue weighted by Gasteiger charge is 2.15. The lowest BCUT2D eigenvalue weighted by Gasteiger charge is -2.16. The van der Waals surface area contributed by atoms with Gasteiger partial charge in [-0.25, -0.2) is 15.0 Å². The van der Waals surface area contributed by atoms with Crippen molar-refractivity contribution in [2.75, 3.05) is 5.32 Å². The highest BCUT2D eigenvalue weighted by Crippen LogP contribution is 2.27. The average molecular weight is 311 g/mol. The lowest BCUT2D eigenvalue weighted by molar-refractivity contribution is 0.764. The molecule has 1 N–H and O–H groups in total. The number of nitrogens with zero attached hydrogens (tertiary/aromatic N) is 3. The molecule has 0 radical (unpaired) electrons. The van der Waals surface area contributed by atoms with E-state index >= 15 is 0 Å². The topological polar surface area (TPSA) is 50.7 Å². The van der Waals surface area contributed by atoms with E-state index in [0.29, 0.717) is 5.15 Å². The summed E-state index contributed by atoms with van der Waals surface area (Å²) in [6, 6.07) is 0.0957. The quantitative estimate of drug-likeness (QED) is 0.845. The van der Waals surface area contributed by atoms with Crippen molar-refractivity contribution in [1.29, 1.82) is 0 Å². The maximum Gasteiger partial charge on any atom is 0.137 e. The molecule has 0 aliphatic rings. The van der Waals surface area contributed by atoms with Crippen LogP contribution in [0.4, 0.5) is 5.82 Å². The van der Waals surface area contributed by atoms with Crippen LogP contribution in [0.2, 0.25) is 5.15 Å². The molecule has 0 amide bonds. The number of aryl methyl sites for hydroxylation is 1. The average Bonchev–Trinajstić information content (AvgIpc) is 2.81. The van der Waals surface area contributed by atoms with Crippen molar-refractivity contribution in [2.24, 2.45) is 0 Å². The first-order valence-corrected chi connectivity index (χ1v) is 7.86. The van der Waals surface area contributed by atoms with Gasteiger partial charge in [0.1, 0.15) is 21.8 Å². The molecule has 1 unspecified atom stereocenters. The minimum absolute atomic E-state index is 0.0957. The zero-order valence-corrected chi connectivity index (χ0v) is 13.9. The van der Waals surface area contributed by atoms with E-state index in [1.807, 2.05) is 19.2 Å². The Morgan fingerprint density at radius 3 is 2.40 bits per heavy atom. The molecule has 1 atom stereocenters. The Kier molecular flexibility index (Phi) is 4.60. The molecule has 0 fully saturated rings. The zero-order chi connectivity index (χ0) is 14.9. The monoisotopic (exact) mass is 310 g/mol. The summed E-state index contributed by atoms with van der Waals surface area (Å²) in [7, 11) is 0. The predicted octanol–water partition coefficient (Wildman–Crippen LogP) is 4.50. The molecule has 2 aromatic heterocycles. The molecule has 20 heavy (non-hydrogen) atoms. The lowest BCUT2D eigenvalue weighted by atomic mass is 10.2. The summed E-state index contributed by atoms with van der Waals surface area (Å²) in [6.07, 6.45) is 0. The van der Waals surface area contributed by atoms with E-state index in [9.17, 15) is 0 Å². The van der Waals surface area contributed by atoms with Crippen molar-refractivity contribution in [3.05, 3.63) is 32.6 Å². The molecule has 0 aliphatic heterocycles. The summed E-state index contributed by atoms with van der Waals surface area (Å²) in [4.78, 5) is 13.4. The molecule has 2 rings (SSSR count). The van der Waals surface area contributed by atoms with Gasteiger partial charge in [-0.3, -0.25) is 0 Å². The first-order valence-electron chi connectivity index (χ1n) is 6.61. The van der Waals surface area contributed by atoms with Gasteiger partial charge in [-0.2, -0.15) is 0 Å². The summed E-state index contributed by atoms with van der Waals surface area (Å²) < 4.78 is 0. The second kappa shape index (κ2) is 6.06. The van der Waals surface area contributed by atoms with Gasteiger partial charge in [0.25, 0.3) is 0 Å². The van der Waals surface area contributed by atoms with Crippen LogP contribution in [-0.2, 0) is 0 Å². The maximum absolute atomic E-state index is 6.19. The fourth-order valence-electron chi connectivity index (χ4n) is 1.74. The normalized spacial score (nSPS) is 12.8. The molecule has 2 heterocycles. The van der Waals surface area contributed by atoms with E-state index in [1.165, 1.54) is 0 Å². The summed E-state index contributed by atoms with van der Waals surface area (Å²) in [5.74, 6) is 1.78. The van der Waals surface area contributed by atoms with Gasteiger partial charge in [0, 0.05) is 22.6 Å². The zero-order valence-electron chi connectivity index (χ0n) is 12.4. The first kappa shape index (κ1) is 15.2. The van der Waals surface area contributed by atoms with Crippen LogP contribution in [0.3, 0.4) is 0 Å². The van der Waals surface area contributed by atoms with Crippen LogP contribution in [0.25, 0.3) is 0 Å². The number of hydrogen-bond acceptors (Lipinski definition) is 5. The molecule has 0 saturated heterocycles. The van der Waals surface area contributed by atoms with E-state index in [4.69, 9.17) is 11.6 Å². The second-order valence-electron chi connectivity index (χ2n) is 5.19. The van der Waals surface area contributed by atoms with Gasteiger partial charge < -0.3 is 5.32 Å². The Balaban J connectivity index is 2.28. The fourth-order valence-corrected chi connectivity index (χ4v) is 2.72. The van der Waals surface area contributed by atoms with E-state index < -0.39 is 0 Å². The van der Waals surface area contributed by atoms with Crippen molar-refractivity contribution in [1.82, 2.24) is 15.0 Å². The first-order chi connectivity index (χ1) is 9.38.